The number of pyridine rings is 1. The van der Waals surface area contributed by atoms with Crippen LogP contribution < -0.4 is 4.74 Å². The molecule has 4 nitrogen and oxygen atoms in total. The summed E-state index contributed by atoms with van der Waals surface area (Å²) < 4.78 is 25.3. The van der Waals surface area contributed by atoms with Gasteiger partial charge in [0.05, 0.1) is 12.3 Å². The van der Waals surface area contributed by atoms with E-state index in [4.69, 9.17) is 14.5 Å². The van der Waals surface area contributed by atoms with Crippen LogP contribution in [0.1, 0.15) is 38.8 Å². The second-order valence-electron chi connectivity index (χ2n) is 8.37. The van der Waals surface area contributed by atoms with Gasteiger partial charge in [0.15, 0.2) is 0 Å². The summed E-state index contributed by atoms with van der Waals surface area (Å²) in [6.07, 6.45) is 3.34. The van der Waals surface area contributed by atoms with E-state index in [9.17, 15) is 9.50 Å². The van der Waals surface area contributed by atoms with Gasteiger partial charge in [-0.25, -0.2) is 9.37 Å². The second kappa shape index (κ2) is 7.64. The van der Waals surface area contributed by atoms with Crippen LogP contribution >= 0.6 is 0 Å². The summed E-state index contributed by atoms with van der Waals surface area (Å²) in [6, 6.07) is 11.7. The number of benzene rings is 2. The lowest BCUT2D eigenvalue weighted by molar-refractivity contribution is 0.114. The van der Waals surface area contributed by atoms with E-state index in [1.807, 2.05) is 6.07 Å². The number of hydrogen-bond acceptors (Lipinski definition) is 4. The van der Waals surface area contributed by atoms with E-state index in [0.29, 0.717) is 12.5 Å². The van der Waals surface area contributed by atoms with Crippen molar-refractivity contribution < 1.29 is 19.0 Å². The van der Waals surface area contributed by atoms with Crippen LogP contribution in [0.2, 0.25) is 0 Å². The first-order chi connectivity index (χ1) is 13.9. The molecule has 5 heteroatoms. The number of phenols is 1. The first kappa shape index (κ1) is 19.6. The molecule has 1 fully saturated rings. The highest BCUT2D eigenvalue weighted by Crippen LogP contribution is 2.42. The highest BCUT2D eigenvalue weighted by Gasteiger charge is 2.30. The average Bonchev–Trinajstić information content (AvgIpc) is 2.65. The molecule has 0 aliphatic heterocycles. The maximum Gasteiger partial charge on any atom is 0.222 e. The second-order valence-corrected chi connectivity index (χ2v) is 8.37. The molecule has 0 amide bonds. The number of rotatable bonds is 6. The fourth-order valence-electron chi connectivity index (χ4n) is 3.84. The van der Waals surface area contributed by atoms with E-state index in [1.54, 1.807) is 31.4 Å². The number of aromatic hydroxyl groups is 1. The van der Waals surface area contributed by atoms with Gasteiger partial charge in [0, 0.05) is 23.5 Å². The lowest BCUT2D eigenvalue weighted by Crippen LogP contribution is -2.28. The molecule has 0 spiro atoms. The largest absolute Gasteiger partial charge is 0.508 e. The van der Waals surface area contributed by atoms with Crippen LogP contribution in [0.4, 0.5) is 4.39 Å². The Balaban J connectivity index is 2.01. The van der Waals surface area contributed by atoms with Gasteiger partial charge in [-0.3, -0.25) is 0 Å². The van der Waals surface area contributed by atoms with Crippen LogP contribution in [0.15, 0.2) is 42.5 Å². The van der Waals surface area contributed by atoms with Crippen LogP contribution in [0.3, 0.4) is 0 Å². The molecule has 0 bridgehead atoms. The highest BCUT2D eigenvalue weighted by molar-refractivity contribution is 6.01. The van der Waals surface area contributed by atoms with Gasteiger partial charge in [0.25, 0.3) is 0 Å². The maximum absolute atomic E-state index is 13.6. The lowest BCUT2D eigenvalue weighted by atomic mass is 9.83. The smallest absolute Gasteiger partial charge is 0.222 e. The van der Waals surface area contributed by atoms with Crippen LogP contribution in [0.5, 0.6) is 11.6 Å². The molecular formula is C24H26FNO3. The molecule has 1 aromatic heterocycles. The third-order valence-corrected chi connectivity index (χ3v) is 5.56. The number of phenolic OH excluding ortho intramolecular Hbond substituents is 1. The van der Waals surface area contributed by atoms with Crippen molar-refractivity contribution in [3.8, 4) is 22.8 Å². The predicted octanol–water partition coefficient (Wildman–Crippen LogP) is 5.60. The van der Waals surface area contributed by atoms with Crippen molar-refractivity contribution in [1.29, 1.82) is 0 Å². The zero-order valence-electron chi connectivity index (χ0n) is 17.0. The average molecular weight is 395 g/mol. The van der Waals surface area contributed by atoms with Gasteiger partial charge in [0.1, 0.15) is 17.7 Å². The number of ether oxygens (including phenoxy) is 2. The van der Waals surface area contributed by atoms with E-state index < -0.39 is 5.41 Å². The minimum absolute atomic E-state index is 0.156. The van der Waals surface area contributed by atoms with Gasteiger partial charge >= 0.3 is 0 Å². The van der Waals surface area contributed by atoms with Gasteiger partial charge in [-0.05, 0) is 60.5 Å². The Morgan fingerprint density at radius 1 is 1.10 bits per heavy atom. The molecule has 1 N–H and O–H groups in total. The molecule has 1 heterocycles. The normalized spacial score (nSPS) is 14.8. The molecule has 1 aliphatic carbocycles. The van der Waals surface area contributed by atoms with E-state index in [1.165, 1.54) is 12.1 Å². The zero-order chi connectivity index (χ0) is 20.6. The third kappa shape index (κ3) is 3.79. The van der Waals surface area contributed by atoms with Gasteiger partial charge < -0.3 is 14.6 Å². The van der Waals surface area contributed by atoms with Gasteiger partial charge in [0.2, 0.25) is 5.88 Å². The molecule has 0 atom stereocenters. The highest BCUT2D eigenvalue weighted by atomic mass is 19.1. The topological polar surface area (TPSA) is 51.6 Å². The van der Waals surface area contributed by atoms with E-state index >= 15 is 0 Å². The SMILES string of the molecule is COCC(C)(C)c1nc(OC2CCC2)c2cc(O)ccc2c1-c1ccc(F)cc1. The summed E-state index contributed by atoms with van der Waals surface area (Å²) in [4.78, 5) is 4.95. The van der Waals surface area contributed by atoms with Crippen molar-refractivity contribution in [2.75, 3.05) is 13.7 Å². The van der Waals surface area contributed by atoms with Gasteiger partial charge in [-0.1, -0.05) is 26.0 Å². The third-order valence-electron chi connectivity index (χ3n) is 5.56. The molecule has 0 unspecified atom stereocenters. The van der Waals surface area contributed by atoms with E-state index in [0.717, 1.165) is 46.9 Å². The zero-order valence-corrected chi connectivity index (χ0v) is 17.0. The number of aromatic nitrogens is 1. The Labute approximate surface area is 170 Å². The number of nitrogens with zero attached hydrogens (tertiary/aromatic N) is 1. The molecular weight excluding hydrogens is 369 g/mol. The summed E-state index contributed by atoms with van der Waals surface area (Å²) in [5, 5.41) is 11.8. The van der Waals surface area contributed by atoms with Crippen molar-refractivity contribution in [1.82, 2.24) is 4.98 Å². The summed E-state index contributed by atoms with van der Waals surface area (Å²) in [5.74, 6) is 0.406. The van der Waals surface area contributed by atoms with Crippen molar-refractivity contribution in [2.24, 2.45) is 0 Å². The van der Waals surface area contributed by atoms with Crippen LogP contribution in [-0.4, -0.2) is 29.9 Å². The summed E-state index contributed by atoms with van der Waals surface area (Å²) >= 11 is 0. The monoisotopic (exact) mass is 395 g/mol. The molecule has 2 aromatic carbocycles. The first-order valence-electron chi connectivity index (χ1n) is 9.98. The minimum Gasteiger partial charge on any atom is -0.508 e. The Morgan fingerprint density at radius 3 is 2.45 bits per heavy atom. The fourth-order valence-corrected chi connectivity index (χ4v) is 3.84. The number of fused-ring (bicyclic) bond motifs is 1. The van der Waals surface area contributed by atoms with Crippen LogP contribution in [0, 0.1) is 5.82 Å². The Morgan fingerprint density at radius 2 is 1.83 bits per heavy atom. The molecule has 152 valence electrons. The van der Waals surface area contributed by atoms with Crippen LogP contribution in [-0.2, 0) is 10.2 Å². The lowest BCUT2D eigenvalue weighted by Gasteiger charge is -2.30. The van der Waals surface area contributed by atoms with Crippen molar-refractivity contribution in [2.45, 2.75) is 44.6 Å². The predicted molar refractivity (Wildman–Crippen MR) is 112 cm³/mol. The summed E-state index contributed by atoms with van der Waals surface area (Å²) in [6.45, 7) is 4.62. The molecule has 0 radical (unpaired) electrons. The molecule has 1 saturated carbocycles. The number of halogens is 1. The number of methoxy groups -OCH3 is 1. The molecule has 1 aliphatic rings. The van der Waals surface area contributed by atoms with E-state index in [-0.39, 0.29) is 17.7 Å². The quantitative estimate of drug-likeness (QED) is 0.590. The van der Waals surface area contributed by atoms with E-state index in [2.05, 4.69) is 13.8 Å². The molecule has 0 saturated heterocycles. The van der Waals surface area contributed by atoms with Gasteiger partial charge in [-0.15, -0.1) is 0 Å². The molecule has 29 heavy (non-hydrogen) atoms. The van der Waals surface area contributed by atoms with Crippen LogP contribution in [0.25, 0.3) is 21.9 Å². The Hall–Kier alpha value is -2.66. The van der Waals surface area contributed by atoms with Crippen molar-refractivity contribution in [3.05, 3.63) is 54.0 Å². The Bertz CT molecular complexity index is 1030. The number of hydrogen-bond donors (Lipinski definition) is 1. The summed E-state index contributed by atoms with van der Waals surface area (Å²) in [7, 11) is 1.67. The molecule has 4 rings (SSSR count). The van der Waals surface area contributed by atoms with Crippen molar-refractivity contribution >= 4 is 10.8 Å². The fraction of sp³-hybridized carbons (Fsp3) is 0.375. The Kier molecular flexibility index (Phi) is 5.17. The first-order valence-corrected chi connectivity index (χ1v) is 9.98. The summed E-state index contributed by atoms with van der Waals surface area (Å²) in [5.41, 5.74) is 2.20. The van der Waals surface area contributed by atoms with Gasteiger partial charge in [-0.2, -0.15) is 0 Å². The maximum atomic E-state index is 13.6. The minimum atomic E-state index is -0.401. The standard InChI is InChI=1S/C24H26FNO3/c1-24(2,14-28-3)22-21(15-7-9-16(25)10-8-15)19-12-11-17(27)13-20(19)23(26-22)29-18-5-4-6-18/h7-13,18,27H,4-6,14H2,1-3H3. The van der Waals surface area contributed by atoms with Crippen molar-refractivity contribution in [3.63, 3.8) is 0 Å². The molecule has 3 aromatic rings.